The van der Waals surface area contributed by atoms with E-state index in [0.29, 0.717) is 6.42 Å². The number of benzene rings is 3. The zero-order chi connectivity index (χ0) is 19.1. The lowest BCUT2D eigenvalue weighted by molar-refractivity contribution is -0.116. The molecule has 0 bridgehead atoms. The number of rotatable bonds is 3. The van der Waals surface area contributed by atoms with Crippen molar-refractivity contribution in [3.63, 3.8) is 0 Å². The number of anilines is 1. The lowest BCUT2D eigenvalue weighted by Crippen LogP contribution is -2.13. The molecule has 1 atom stereocenters. The minimum absolute atomic E-state index is 0.0382. The van der Waals surface area contributed by atoms with Crippen molar-refractivity contribution in [1.29, 1.82) is 0 Å². The molecule has 1 aliphatic rings. The second-order valence-corrected chi connectivity index (χ2v) is 8.17. The van der Waals surface area contributed by atoms with Gasteiger partial charge in [-0.1, -0.05) is 64.5 Å². The fourth-order valence-corrected chi connectivity index (χ4v) is 4.42. The third-order valence-electron chi connectivity index (χ3n) is 5.44. The van der Waals surface area contributed by atoms with E-state index in [1.807, 2.05) is 30.3 Å². The number of halogens is 1. The van der Waals surface area contributed by atoms with Gasteiger partial charge in [0, 0.05) is 34.9 Å². The van der Waals surface area contributed by atoms with Gasteiger partial charge in [0.1, 0.15) is 0 Å². The third-order valence-corrected chi connectivity index (χ3v) is 5.97. The molecule has 4 heteroatoms. The maximum absolute atomic E-state index is 12.6. The number of carbonyl (C=O) groups excluding carboxylic acids is 1. The van der Waals surface area contributed by atoms with Crippen molar-refractivity contribution >= 4 is 38.4 Å². The van der Waals surface area contributed by atoms with E-state index < -0.39 is 0 Å². The van der Waals surface area contributed by atoms with Gasteiger partial charge in [-0.2, -0.15) is 0 Å². The standard InChI is InChI=1S/C24H19BrN2O/c25-18-11-9-17(10-12-18)19-13-23(28)26-21-7-4-8-22-24(21)20(19)15-27(22)14-16-5-2-1-3-6-16/h1-12,15,19H,13-14H2,(H,26,28)/t19-/m1/s1. The molecule has 1 aliphatic heterocycles. The maximum Gasteiger partial charge on any atom is 0.225 e. The van der Waals surface area contributed by atoms with Gasteiger partial charge in [0.15, 0.2) is 0 Å². The van der Waals surface area contributed by atoms with E-state index in [9.17, 15) is 4.79 Å². The summed E-state index contributed by atoms with van der Waals surface area (Å²) in [6, 6.07) is 24.9. The van der Waals surface area contributed by atoms with Gasteiger partial charge in [0.2, 0.25) is 5.91 Å². The average molecular weight is 431 g/mol. The molecule has 28 heavy (non-hydrogen) atoms. The number of nitrogens with one attached hydrogen (secondary N) is 1. The van der Waals surface area contributed by atoms with Crippen LogP contribution < -0.4 is 5.32 Å². The number of nitrogens with zero attached hydrogens (tertiary/aromatic N) is 1. The molecule has 138 valence electrons. The SMILES string of the molecule is O=C1C[C@H](c2ccc(Br)cc2)c2cn(Cc3ccccc3)c3cccc(c23)N1. The van der Waals surface area contributed by atoms with E-state index in [0.717, 1.165) is 33.2 Å². The van der Waals surface area contributed by atoms with Crippen LogP contribution in [0.25, 0.3) is 10.9 Å². The number of amides is 1. The molecule has 0 saturated heterocycles. The molecule has 0 spiro atoms. The Morgan fingerprint density at radius 3 is 2.54 bits per heavy atom. The first-order chi connectivity index (χ1) is 13.7. The van der Waals surface area contributed by atoms with Crippen LogP contribution in [0, 0.1) is 0 Å². The van der Waals surface area contributed by atoms with E-state index >= 15 is 0 Å². The van der Waals surface area contributed by atoms with Crippen molar-refractivity contribution in [2.45, 2.75) is 18.9 Å². The van der Waals surface area contributed by atoms with Crippen molar-refractivity contribution in [3.05, 3.63) is 100 Å². The first-order valence-corrected chi connectivity index (χ1v) is 10.2. The predicted octanol–water partition coefficient (Wildman–Crippen LogP) is 5.93. The van der Waals surface area contributed by atoms with Crippen LogP contribution in [-0.4, -0.2) is 10.5 Å². The summed E-state index contributed by atoms with van der Waals surface area (Å²) in [5.74, 6) is 0.0995. The van der Waals surface area contributed by atoms with E-state index in [4.69, 9.17) is 0 Å². The molecule has 0 radical (unpaired) electrons. The van der Waals surface area contributed by atoms with Crippen LogP contribution in [0.5, 0.6) is 0 Å². The highest BCUT2D eigenvalue weighted by Gasteiger charge is 2.27. The zero-order valence-electron chi connectivity index (χ0n) is 15.2. The van der Waals surface area contributed by atoms with Crippen molar-refractivity contribution < 1.29 is 4.79 Å². The van der Waals surface area contributed by atoms with E-state index in [2.05, 4.69) is 74.5 Å². The van der Waals surface area contributed by atoms with Crippen molar-refractivity contribution in [3.8, 4) is 0 Å². The summed E-state index contributed by atoms with van der Waals surface area (Å²) in [7, 11) is 0. The van der Waals surface area contributed by atoms with Crippen LogP contribution >= 0.6 is 15.9 Å². The molecule has 0 fully saturated rings. The summed E-state index contributed by atoms with van der Waals surface area (Å²) in [6.07, 6.45) is 2.68. The van der Waals surface area contributed by atoms with Gasteiger partial charge in [-0.25, -0.2) is 0 Å². The zero-order valence-corrected chi connectivity index (χ0v) is 16.8. The first kappa shape index (κ1) is 17.3. The monoisotopic (exact) mass is 430 g/mol. The number of aromatic nitrogens is 1. The van der Waals surface area contributed by atoms with E-state index in [1.54, 1.807) is 0 Å². The fraction of sp³-hybridized carbons (Fsp3) is 0.125. The van der Waals surface area contributed by atoms with Crippen LogP contribution in [0.1, 0.15) is 29.0 Å². The molecule has 2 heterocycles. The van der Waals surface area contributed by atoms with Gasteiger partial charge in [0.25, 0.3) is 0 Å². The predicted molar refractivity (Wildman–Crippen MR) is 117 cm³/mol. The van der Waals surface area contributed by atoms with Gasteiger partial charge in [-0.3, -0.25) is 4.79 Å². The second kappa shape index (κ2) is 6.95. The Balaban J connectivity index is 1.69. The molecule has 4 aromatic rings. The molecule has 3 aromatic carbocycles. The highest BCUT2D eigenvalue weighted by molar-refractivity contribution is 9.10. The Hall–Kier alpha value is -2.85. The third kappa shape index (κ3) is 3.04. The van der Waals surface area contributed by atoms with Gasteiger partial charge < -0.3 is 9.88 Å². The van der Waals surface area contributed by atoms with Gasteiger partial charge in [-0.15, -0.1) is 0 Å². The highest BCUT2D eigenvalue weighted by Crippen LogP contribution is 2.41. The average Bonchev–Trinajstić information content (AvgIpc) is 2.99. The van der Waals surface area contributed by atoms with Crippen LogP contribution in [0.4, 0.5) is 5.69 Å². The lowest BCUT2D eigenvalue weighted by Gasteiger charge is -2.14. The van der Waals surface area contributed by atoms with Crippen LogP contribution in [0.2, 0.25) is 0 Å². The van der Waals surface area contributed by atoms with Gasteiger partial charge >= 0.3 is 0 Å². The second-order valence-electron chi connectivity index (χ2n) is 7.25. The molecule has 5 rings (SSSR count). The summed E-state index contributed by atoms with van der Waals surface area (Å²) in [4.78, 5) is 12.6. The number of hydrogen-bond donors (Lipinski definition) is 1. The van der Waals surface area contributed by atoms with Crippen molar-refractivity contribution in [1.82, 2.24) is 4.57 Å². The minimum atomic E-state index is 0.0382. The Kier molecular flexibility index (Phi) is 4.29. The molecule has 0 saturated carbocycles. The molecular weight excluding hydrogens is 412 g/mol. The topological polar surface area (TPSA) is 34.0 Å². The summed E-state index contributed by atoms with van der Waals surface area (Å²) < 4.78 is 3.34. The van der Waals surface area contributed by atoms with Crippen LogP contribution in [0.15, 0.2) is 83.5 Å². The fourth-order valence-electron chi connectivity index (χ4n) is 4.15. The highest BCUT2D eigenvalue weighted by atomic mass is 79.9. The minimum Gasteiger partial charge on any atom is -0.343 e. The largest absolute Gasteiger partial charge is 0.343 e. The van der Waals surface area contributed by atoms with Crippen LogP contribution in [-0.2, 0) is 11.3 Å². The first-order valence-electron chi connectivity index (χ1n) is 9.40. The summed E-state index contributed by atoms with van der Waals surface area (Å²) in [5, 5.41) is 4.26. The Bertz CT molecular complexity index is 1160. The van der Waals surface area contributed by atoms with Crippen molar-refractivity contribution in [2.75, 3.05) is 5.32 Å². The molecule has 1 N–H and O–H groups in total. The quantitative estimate of drug-likeness (QED) is 0.429. The summed E-state index contributed by atoms with van der Waals surface area (Å²) in [6.45, 7) is 0.807. The van der Waals surface area contributed by atoms with Crippen LogP contribution in [0.3, 0.4) is 0 Å². The lowest BCUT2D eigenvalue weighted by atomic mass is 9.89. The maximum atomic E-state index is 12.6. The van der Waals surface area contributed by atoms with E-state index in [-0.39, 0.29) is 11.8 Å². The Morgan fingerprint density at radius 2 is 1.75 bits per heavy atom. The summed E-state index contributed by atoms with van der Waals surface area (Å²) >= 11 is 3.51. The molecule has 0 aliphatic carbocycles. The van der Waals surface area contributed by atoms with E-state index in [1.165, 1.54) is 11.1 Å². The Labute approximate surface area is 172 Å². The molecule has 0 unspecified atom stereocenters. The van der Waals surface area contributed by atoms with Gasteiger partial charge in [-0.05, 0) is 41.0 Å². The van der Waals surface area contributed by atoms with Crippen molar-refractivity contribution in [2.24, 2.45) is 0 Å². The van der Waals surface area contributed by atoms with Gasteiger partial charge in [0.05, 0.1) is 11.2 Å². The molecule has 1 aromatic heterocycles. The Morgan fingerprint density at radius 1 is 0.964 bits per heavy atom. The normalized spacial score (nSPS) is 16.0. The smallest absolute Gasteiger partial charge is 0.225 e. The molecular formula is C24H19BrN2O. The number of carbonyl (C=O) groups is 1. The molecule has 3 nitrogen and oxygen atoms in total. The summed E-state index contributed by atoms with van der Waals surface area (Å²) in [5.41, 5.74) is 5.69. The molecule has 1 amide bonds. The number of hydrogen-bond acceptors (Lipinski definition) is 1.